The second-order valence-corrected chi connectivity index (χ2v) is 6.66. The number of nitrogens with one attached hydrogen (secondary N) is 1. The topological polar surface area (TPSA) is 52.9 Å². The Kier molecular flexibility index (Phi) is 6.35. The molecule has 2 aromatic carbocycles. The summed E-state index contributed by atoms with van der Waals surface area (Å²) in [6.07, 6.45) is 0. The average molecular weight is 365 g/mol. The maximum atomic E-state index is 12.5. The molecule has 0 fully saturated rings. The molecule has 0 aliphatic heterocycles. The molecule has 0 saturated carbocycles. The molecule has 1 amide bonds. The third kappa shape index (κ3) is 4.65. The van der Waals surface area contributed by atoms with Gasteiger partial charge in [-0.05, 0) is 36.8 Å². The van der Waals surface area contributed by atoms with Gasteiger partial charge in [0.15, 0.2) is 0 Å². The zero-order valence-corrected chi connectivity index (χ0v) is 14.7. The van der Waals surface area contributed by atoms with Crippen LogP contribution in [0.1, 0.15) is 28.9 Å². The number of rotatable bonds is 5. The molecule has 1 unspecified atom stereocenters. The van der Waals surface area contributed by atoms with Crippen molar-refractivity contribution in [3.63, 3.8) is 0 Å². The summed E-state index contributed by atoms with van der Waals surface area (Å²) in [5.74, 6) is 0.0904. The van der Waals surface area contributed by atoms with Crippen molar-refractivity contribution in [1.29, 1.82) is 5.26 Å². The van der Waals surface area contributed by atoms with Gasteiger partial charge in [-0.3, -0.25) is 4.79 Å². The van der Waals surface area contributed by atoms with Crippen LogP contribution >= 0.6 is 35.0 Å². The SMILES string of the molecule is CC(NC(=O)c1ccccc1SCC#N)c1ccc(Cl)cc1Cl. The fraction of sp³-hybridized carbons (Fsp3) is 0.176. The van der Waals surface area contributed by atoms with Crippen molar-refractivity contribution in [2.24, 2.45) is 0 Å². The van der Waals surface area contributed by atoms with Crippen molar-refractivity contribution in [3.8, 4) is 6.07 Å². The minimum Gasteiger partial charge on any atom is -0.345 e. The molecule has 3 nitrogen and oxygen atoms in total. The first-order valence-corrected chi connectivity index (χ1v) is 8.61. The molecule has 0 spiro atoms. The van der Waals surface area contributed by atoms with E-state index >= 15 is 0 Å². The molecule has 6 heteroatoms. The summed E-state index contributed by atoms with van der Waals surface area (Å²) in [7, 11) is 0. The largest absolute Gasteiger partial charge is 0.345 e. The first-order valence-electron chi connectivity index (χ1n) is 6.87. The number of amides is 1. The molecule has 0 radical (unpaired) electrons. The molecule has 0 aliphatic carbocycles. The molecule has 23 heavy (non-hydrogen) atoms. The van der Waals surface area contributed by atoms with E-state index < -0.39 is 0 Å². The number of thioether (sulfide) groups is 1. The minimum atomic E-state index is -0.263. The molecule has 0 bridgehead atoms. The quantitative estimate of drug-likeness (QED) is 0.750. The summed E-state index contributed by atoms with van der Waals surface area (Å²) in [4.78, 5) is 13.3. The van der Waals surface area contributed by atoms with Crippen LogP contribution in [0, 0.1) is 11.3 Å². The molecule has 0 aromatic heterocycles. The lowest BCUT2D eigenvalue weighted by Gasteiger charge is -2.17. The van der Waals surface area contributed by atoms with Gasteiger partial charge in [-0.2, -0.15) is 5.26 Å². The molecular formula is C17H14Cl2N2OS. The monoisotopic (exact) mass is 364 g/mol. The Labute approximate surface area is 149 Å². The summed E-state index contributed by atoms with van der Waals surface area (Å²) >= 11 is 13.4. The second-order valence-electron chi connectivity index (χ2n) is 4.80. The molecular weight excluding hydrogens is 351 g/mol. The van der Waals surface area contributed by atoms with Gasteiger partial charge in [0.05, 0.1) is 23.4 Å². The molecule has 1 atom stereocenters. The van der Waals surface area contributed by atoms with Gasteiger partial charge in [0, 0.05) is 14.9 Å². The van der Waals surface area contributed by atoms with E-state index in [9.17, 15) is 4.79 Å². The summed E-state index contributed by atoms with van der Waals surface area (Å²) in [6, 6.07) is 14.2. The number of hydrogen-bond donors (Lipinski definition) is 1. The Morgan fingerprint density at radius 3 is 2.74 bits per heavy atom. The zero-order chi connectivity index (χ0) is 16.8. The van der Waals surface area contributed by atoms with Crippen molar-refractivity contribution in [2.45, 2.75) is 17.9 Å². The van der Waals surface area contributed by atoms with Crippen molar-refractivity contribution in [2.75, 3.05) is 5.75 Å². The van der Waals surface area contributed by atoms with Gasteiger partial charge in [0.1, 0.15) is 0 Å². The zero-order valence-electron chi connectivity index (χ0n) is 12.3. The predicted molar refractivity (Wildman–Crippen MR) is 95.1 cm³/mol. The lowest BCUT2D eigenvalue weighted by atomic mass is 10.1. The van der Waals surface area contributed by atoms with Crippen LogP contribution in [-0.4, -0.2) is 11.7 Å². The van der Waals surface area contributed by atoms with Crippen LogP contribution in [-0.2, 0) is 0 Å². The van der Waals surface area contributed by atoms with Crippen molar-refractivity contribution >= 4 is 40.9 Å². The van der Waals surface area contributed by atoms with E-state index in [4.69, 9.17) is 28.5 Å². The van der Waals surface area contributed by atoms with Crippen LogP contribution in [0.15, 0.2) is 47.4 Å². The summed E-state index contributed by atoms with van der Waals surface area (Å²) in [5.41, 5.74) is 1.34. The van der Waals surface area contributed by atoms with Gasteiger partial charge < -0.3 is 5.32 Å². The van der Waals surface area contributed by atoms with Crippen molar-refractivity contribution < 1.29 is 4.79 Å². The van der Waals surface area contributed by atoms with Gasteiger partial charge >= 0.3 is 0 Å². The number of hydrogen-bond acceptors (Lipinski definition) is 3. The van der Waals surface area contributed by atoms with Crippen LogP contribution in [0.25, 0.3) is 0 Å². The number of benzene rings is 2. The number of carbonyl (C=O) groups is 1. The summed E-state index contributed by atoms with van der Waals surface area (Å²) in [5, 5.41) is 12.7. The van der Waals surface area contributed by atoms with Crippen LogP contribution in [0.4, 0.5) is 0 Å². The Hall–Kier alpha value is -1.67. The number of nitriles is 1. The summed E-state index contributed by atoms with van der Waals surface area (Å²) < 4.78 is 0. The fourth-order valence-electron chi connectivity index (χ4n) is 2.09. The second kappa shape index (κ2) is 8.26. The van der Waals surface area contributed by atoms with Crippen molar-refractivity contribution in [3.05, 3.63) is 63.6 Å². The lowest BCUT2D eigenvalue weighted by Crippen LogP contribution is -2.27. The highest BCUT2D eigenvalue weighted by Crippen LogP contribution is 2.27. The maximum Gasteiger partial charge on any atom is 0.252 e. The highest BCUT2D eigenvalue weighted by atomic mass is 35.5. The first kappa shape index (κ1) is 17.7. The van der Waals surface area contributed by atoms with Crippen molar-refractivity contribution in [1.82, 2.24) is 5.32 Å². The van der Waals surface area contributed by atoms with E-state index in [1.165, 1.54) is 11.8 Å². The fourth-order valence-corrected chi connectivity index (χ4v) is 3.38. The Bertz CT molecular complexity index is 758. The Balaban J connectivity index is 2.17. The van der Waals surface area contributed by atoms with Gasteiger partial charge in [-0.25, -0.2) is 0 Å². The number of carbonyl (C=O) groups excluding carboxylic acids is 1. The summed E-state index contributed by atoms with van der Waals surface area (Å²) in [6.45, 7) is 1.86. The molecule has 2 aromatic rings. The van der Waals surface area contributed by atoms with Gasteiger partial charge in [-0.15, -0.1) is 11.8 Å². The van der Waals surface area contributed by atoms with Crippen LogP contribution < -0.4 is 5.32 Å². The van der Waals surface area contributed by atoms with E-state index in [0.717, 1.165) is 10.5 Å². The molecule has 1 N–H and O–H groups in total. The van der Waals surface area contributed by atoms with E-state index in [0.29, 0.717) is 21.4 Å². The molecule has 2 rings (SSSR count). The normalized spacial score (nSPS) is 11.6. The Morgan fingerprint density at radius 2 is 2.04 bits per heavy atom. The van der Waals surface area contributed by atoms with Crippen LogP contribution in [0.3, 0.4) is 0 Å². The molecule has 0 heterocycles. The van der Waals surface area contributed by atoms with E-state index in [1.807, 2.05) is 19.1 Å². The first-order chi connectivity index (χ1) is 11.0. The van der Waals surface area contributed by atoms with E-state index in [-0.39, 0.29) is 11.9 Å². The van der Waals surface area contributed by atoms with E-state index in [2.05, 4.69) is 11.4 Å². The average Bonchev–Trinajstić information content (AvgIpc) is 2.52. The molecule has 0 aliphatic rings. The number of nitrogens with zero attached hydrogens (tertiary/aromatic N) is 1. The Morgan fingerprint density at radius 1 is 1.30 bits per heavy atom. The van der Waals surface area contributed by atoms with Crippen LogP contribution in [0.2, 0.25) is 10.0 Å². The van der Waals surface area contributed by atoms with Gasteiger partial charge in [0.25, 0.3) is 5.91 Å². The van der Waals surface area contributed by atoms with Gasteiger partial charge in [0.2, 0.25) is 0 Å². The lowest BCUT2D eigenvalue weighted by molar-refractivity contribution is 0.0937. The van der Waals surface area contributed by atoms with Gasteiger partial charge in [-0.1, -0.05) is 41.4 Å². The van der Waals surface area contributed by atoms with Crippen LogP contribution in [0.5, 0.6) is 0 Å². The standard InChI is InChI=1S/C17H14Cl2N2OS/c1-11(13-7-6-12(18)10-15(13)19)21-17(22)14-4-2-3-5-16(14)23-9-8-20/h2-7,10-11H,9H2,1H3,(H,21,22). The molecule has 0 saturated heterocycles. The van der Waals surface area contributed by atoms with E-state index in [1.54, 1.807) is 30.3 Å². The third-order valence-electron chi connectivity index (χ3n) is 3.20. The predicted octanol–water partition coefficient (Wildman–Crippen LogP) is 5.10. The minimum absolute atomic E-state index is 0.204. The highest BCUT2D eigenvalue weighted by Gasteiger charge is 2.16. The highest BCUT2D eigenvalue weighted by molar-refractivity contribution is 7.99. The number of halogens is 2. The maximum absolute atomic E-state index is 12.5. The third-order valence-corrected chi connectivity index (χ3v) is 4.70. The molecule has 118 valence electrons. The smallest absolute Gasteiger partial charge is 0.252 e.